The third-order valence-electron chi connectivity index (χ3n) is 5.02. The fourth-order valence-electron chi connectivity index (χ4n) is 3.77. The molecule has 1 amide bonds. The molecule has 1 fully saturated rings. The summed E-state index contributed by atoms with van der Waals surface area (Å²) >= 11 is 0. The van der Waals surface area contributed by atoms with Gasteiger partial charge in [0.2, 0.25) is 11.8 Å². The van der Waals surface area contributed by atoms with Crippen LogP contribution in [-0.4, -0.2) is 27.0 Å². The number of benzene rings is 1. The molecule has 0 spiro atoms. The summed E-state index contributed by atoms with van der Waals surface area (Å²) in [5, 5.41) is 3.79. The topological polar surface area (TPSA) is 59.2 Å². The molecule has 0 unspecified atom stereocenters. The summed E-state index contributed by atoms with van der Waals surface area (Å²) in [6, 6.07) is 9.28. The maximum absolute atomic E-state index is 12.9. The lowest BCUT2D eigenvalue weighted by molar-refractivity contribution is -0.134. The minimum atomic E-state index is 0.270. The van der Waals surface area contributed by atoms with E-state index in [0.29, 0.717) is 30.6 Å². The van der Waals surface area contributed by atoms with Crippen LogP contribution in [0.5, 0.6) is 0 Å². The summed E-state index contributed by atoms with van der Waals surface area (Å²) in [6.45, 7) is 1.81. The molecule has 2 aromatic rings. The molecule has 24 heavy (non-hydrogen) atoms. The second-order valence-electron chi connectivity index (χ2n) is 6.87. The third-order valence-corrected chi connectivity index (χ3v) is 5.02. The highest BCUT2D eigenvalue weighted by Crippen LogP contribution is 2.42. The normalized spacial score (nSPS) is 19.3. The molecule has 1 heterocycles. The van der Waals surface area contributed by atoms with E-state index in [4.69, 9.17) is 4.52 Å². The Labute approximate surface area is 142 Å². The second-order valence-corrected chi connectivity index (χ2v) is 6.87. The minimum absolute atomic E-state index is 0.270. The first-order valence-electron chi connectivity index (χ1n) is 8.90. The lowest BCUT2D eigenvalue weighted by Crippen LogP contribution is -2.35. The number of aryl methyl sites for hydroxylation is 3. The van der Waals surface area contributed by atoms with E-state index in [1.807, 2.05) is 6.92 Å². The number of carbonyl (C=O) groups excluding carboxylic acids is 1. The zero-order valence-electron chi connectivity index (χ0n) is 14.1. The maximum Gasteiger partial charge on any atom is 0.226 e. The zero-order chi connectivity index (χ0) is 16.5. The Kier molecular flexibility index (Phi) is 4.08. The van der Waals surface area contributed by atoms with Crippen LogP contribution >= 0.6 is 0 Å². The van der Waals surface area contributed by atoms with Gasteiger partial charge in [-0.25, -0.2) is 0 Å². The SMILES string of the molecule is Cc1noc(CCCC(=O)N(C2CC2)[C@@H]2CCc3ccccc32)n1. The van der Waals surface area contributed by atoms with E-state index in [0.717, 1.165) is 32.1 Å². The van der Waals surface area contributed by atoms with E-state index < -0.39 is 0 Å². The van der Waals surface area contributed by atoms with Crippen molar-refractivity contribution in [2.75, 3.05) is 0 Å². The minimum Gasteiger partial charge on any atom is -0.339 e. The Morgan fingerprint density at radius 2 is 2.12 bits per heavy atom. The van der Waals surface area contributed by atoms with Gasteiger partial charge in [-0.15, -0.1) is 0 Å². The molecular formula is C19H23N3O2. The molecule has 0 radical (unpaired) electrons. The van der Waals surface area contributed by atoms with Crippen LogP contribution in [0.3, 0.4) is 0 Å². The standard InChI is InChI=1S/C19H23N3O2/c1-13-20-18(24-21-13)7-4-8-19(23)22(15-10-11-15)17-12-9-14-5-2-3-6-16(14)17/h2-3,5-6,15,17H,4,7-12H2,1H3/t17-/m1/s1. The average molecular weight is 325 g/mol. The van der Waals surface area contributed by atoms with Gasteiger partial charge in [-0.3, -0.25) is 4.79 Å². The van der Waals surface area contributed by atoms with Gasteiger partial charge in [0, 0.05) is 18.9 Å². The first-order chi connectivity index (χ1) is 11.7. The van der Waals surface area contributed by atoms with Crippen LogP contribution in [0.1, 0.15) is 61.0 Å². The lowest BCUT2D eigenvalue weighted by Gasteiger charge is -2.30. The molecule has 5 nitrogen and oxygen atoms in total. The van der Waals surface area contributed by atoms with E-state index in [1.165, 1.54) is 11.1 Å². The Balaban J connectivity index is 1.41. The predicted molar refractivity (Wildman–Crippen MR) is 89.3 cm³/mol. The van der Waals surface area contributed by atoms with Crippen molar-refractivity contribution in [3.63, 3.8) is 0 Å². The predicted octanol–water partition coefficient (Wildman–Crippen LogP) is 3.38. The molecule has 4 rings (SSSR count). The molecule has 2 aliphatic carbocycles. The van der Waals surface area contributed by atoms with Gasteiger partial charge in [0.1, 0.15) is 0 Å². The quantitative estimate of drug-likeness (QED) is 0.817. The highest BCUT2D eigenvalue weighted by molar-refractivity contribution is 5.77. The number of amides is 1. The van der Waals surface area contributed by atoms with Gasteiger partial charge in [-0.1, -0.05) is 29.4 Å². The van der Waals surface area contributed by atoms with Gasteiger partial charge in [-0.2, -0.15) is 4.98 Å². The number of aromatic nitrogens is 2. The van der Waals surface area contributed by atoms with Crippen molar-refractivity contribution in [3.05, 3.63) is 47.1 Å². The van der Waals surface area contributed by atoms with Gasteiger partial charge >= 0.3 is 0 Å². The Morgan fingerprint density at radius 3 is 2.88 bits per heavy atom. The van der Waals surface area contributed by atoms with Crippen molar-refractivity contribution in [1.82, 2.24) is 15.0 Å². The van der Waals surface area contributed by atoms with Crippen molar-refractivity contribution < 1.29 is 9.32 Å². The van der Waals surface area contributed by atoms with E-state index >= 15 is 0 Å². The highest BCUT2D eigenvalue weighted by Gasteiger charge is 2.39. The number of hydrogen-bond donors (Lipinski definition) is 0. The summed E-state index contributed by atoms with van der Waals surface area (Å²) in [4.78, 5) is 19.3. The summed E-state index contributed by atoms with van der Waals surface area (Å²) in [5.41, 5.74) is 2.76. The molecule has 0 aliphatic heterocycles. The molecule has 0 N–H and O–H groups in total. The van der Waals surface area contributed by atoms with Crippen molar-refractivity contribution in [1.29, 1.82) is 0 Å². The first kappa shape index (κ1) is 15.4. The number of carbonyl (C=O) groups is 1. The molecule has 2 aliphatic rings. The summed E-state index contributed by atoms with van der Waals surface area (Å²) in [6.07, 6.45) is 6.42. The van der Waals surface area contributed by atoms with Crippen LogP contribution in [0, 0.1) is 6.92 Å². The van der Waals surface area contributed by atoms with Crippen LogP contribution in [0.4, 0.5) is 0 Å². The van der Waals surface area contributed by atoms with Crippen molar-refractivity contribution >= 4 is 5.91 Å². The number of hydrogen-bond acceptors (Lipinski definition) is 4. The van der Waals surface area contributed by atoms with Crippen molar-refractivity contribution in [2.45, 2.75) is 64.0 Å². The number of fused-ring (bicyclic) bond motifs is 1. The van der Waals surface area contributed by atoms with Gasteiger partial charge in [-0.05, 0) is 50.2 Å². The third kappa shape index (κ3) is 3.07. The van der Waals surface area contributed by atoms with E-state index in [9.17, 15) is 4.79 Å². The fourth-order valence-corrected chi connectivity index (χ4v) is 3.77. The molecule has 1 atom stereocenters. The van der Waals surface area contributed by atoms with Crippen LogP contribution in [0.25, 0.3) is 0 Å². The van der Waals surface area contributed by atoms with Crippen LogP contribution in [-0.2, 0) is 17.6 Å². The van der Waals surface area contributed by atoms with E-state index in [2.05, 4.69) is 39.3 Å². The van der Waals surface area contributed by atoms with Crippen molar-refractivity contribution in [2.24, 2.45) is 0 Å². The van der Waals surface area contributed by atoms with Crippen LogP contribution in [0.2, 0.25) is 0 Å². The molecule has 1 aromatic carbocycles. The Bertz CT molecular complexity index is 736. The monoisotopic (exact) mass is 325 g/mol. The number of nitrogens with zero attached hydrogens (tertiary/aromatic N) is 3. The molecule has 1 saturated carbocycles. The van der Waals surface area contributed by atoms with E-state index in [-0.39, 0.29) is 11.9 Å². The molecule has 0 bridgehead atoms. The zero-order valence-corrected chi connectivity index (χ0v) is 14.1. The molecule has 1 aromatic heterocycles. The Hall–Kier alpha value is -2.17. The van der Waals surface area contributed by atoms with Crippen LogP contribution in [0.15, 0.2) is 28.8 Å². The van der Waals surface area contributed by atoms with Gasteiger partial charge in [0.05, 0.1) is 6.04 Å². The fraction of sp³-hybridized carbons (Fsp3) is 0.526. The molecule has 126 valence electrons. The van der Waals surface area contributed by atoms with E-state index in [1.54, 1.807) is 0 Å². The largest absolute Gasteiger partial charge is 0.339 e. The van der Waals surface area contributed by atoms with Gasteiger partial charge in [0.15, 0.2) is 5.82 Å². The average Bonchev–Trinajstić information content (AvgIpc) is 3.19. The molecular weight excluding hydrogens is 302 g/mol. The van der Waals surface area contributed by atoms with Gasteiger partial charge < -0.3 is 9.42 Å². The molecule has 0 saturated heterocycles. The Morgan fingerprint density at radius 1 is 1.29 bits per heavy atom. The number of rotatable bonds is 6. The van der Waals surface area contributed by atoms with Crippen LogP contribution < -0.4 is 0 Å². The smallest absolute Gasteiger partial charge is 0.226 e. The second kappa shape index (κ2) is 6.38. The lowest BCUT2D eigenvalue weighted by atomic mass is 10.1. The summed E-state index contributed by atoms with van der Waals surface area (Å²) < 4.78 is 5.13. The van der Waals surface area contributed by atoms with Crippen molar-refractivity contribution in [3.8, 4) is 0 Å². The summed E-state index contributed by atoms with van der Waals surface area (Å²) in [7, 11) is 0. The highest BCUT2D eigenvalue weighted by atomic mass is 16.5. The maximum atomic E-state index is 12.9. The first-order valence-corrected chi connectivity index (χ1v) is 8.90. The molecule has 5 heteroatoms. The summed E-state index contributed by atoms with van der Waals surface area (Å²) in [5.74, 6) is 1.55. The van der Waals surface area contributed by atoms with Gasteiger partial charge in [0.25, 0.3) is 0 Å².